The van der Waals surface area contributed by atoms with Crippen molar-refractivity contribution in [3.63, 3.8) is 0 Å². The lowest BCUT2D eigenvalue weighted by Crippen LogP contribution is -2.37. The molecule has 1 atom stereocenters. The molecule has 0 aliphatic carbocycles. The van der Waals surface area contributed by atoms with Crippen LogP contribution in [0.4, 0.5) is 0 Å². The summed E-state index contributed by atoms with van der Waals surface area (Å²) < 4.78 is 10.9. The number of likely N-dealkylation sites (N-methyl/N-ethyl adjacent to an activating group) is 2. The standard InChI is InChI=1S/C12H28N2O2S2/c1-6-14(8-10-15-17-5)12(2)11-18-16-9-7-13(3)4/h12H,6-11H2,1-5H3. The Kier molecular flexibility index (Phi) is 12.9. The van der Waals surface area contributed by atoms with Crippen LogP contribution in [-0.2, 0) is 8.37 Å². The monoisotopic (exact) mass is 296 g/mol. The largest absolute Gasteiger partial charge is 0.314 e. The van der Waals surface area contributed by atoms with E-state index >= 15 is 0 Å². The lowest BCUT2D eigenvalue weighted by molar-refractivity contribution is 0.196. The summed E-state index contributed by atoms with van der Waals surface area (Å²) in [5.74, 6) is 1.00. The molecule has 0 bridgehead atoms. The lowest BCUT2D eigenvalue weighted by atomic mass is 10.3. The van der Waals surface area contributed by atoms with Gasteiger partial charge in [-0.25, -0.2) is 0 Å². The SMILES string of the molecule is CCN(CCOSC)C(C)CSOCCN(C)C. The van der Waals surface area contributed by atoms with Gasteiger partial charge in [-0.1, -0.05) is 6.92 Å². The number of hydrogen-bond acceptors (Lipinski definition) is 6. The smallest absolute Gasteiger partial charge is 0.0741 e. The third-order valence-corrected chi connectivity index (χ3v) is 3.98. The minimum atomic E-state index is 0.518. The topological polar surface area (TPSA) is 24.9 Å². The predicted octanol–water partition coefficient (Wildman–Crippen LogP) is 2.22. The van der Waals surface area contributed by atoms with E-state index in [2.05, 4.69) is 37.7 Å². The van der Waals surface area contributed by atoms with Gasteiger partial charge in [-0.3, -0.25) is 4.90 Å². The number of rotatable bonds is 12. The van der Waals surface area contributed by atoms with Gasteiger partial charge < -0.3 is 13.3 Å². The second-order valence-electron chi connectivity index (χ2n) is 4.38. The number of nitrogens with zero attached hydrogens (tertiary/aromatic N) is 2. The van der Waals surface area contributed by atoms with E-state index in [0.717, 1.165) is 38.6 Å². The Morgan fingerprint density at radius 3 is 2.33 bits per heavy atom. The molecule has 18 heavy (non-hydrogen) atoms. The van der Waals surface area contributed by atoms with Crippen LogP contribution < -0.4 is 0 Å². The predicted molar refractivity (Wildman–Crippen MR) is 83.1 cm³/mol. The van der Waals surface area contributed by atoms with Crippen LogP contribution in [0.2, 0.25) is 0 Å². The maximum absolute atomic E-state index is 5.55. The van der Waals surface area contributed by atoms with E-state index in [0.29, 0.717) is 6.04 Å². The van der Waals surface area contributed by atoms with Crippen LogP contribution in [0.1, 0.15) is 13.8 Å². The summed E-state index contributed by atoms with van der Waals surface area (Å²) in [6.07, 6.45) is 1.95. The van der Waals surface area contributed by atoms with Crippen molar-refractivity contribution >= 4 is 24.1 Å². The summed E-state index contributed by atoms with van der Waals surface area (Å²) in [6.45, 7) is 9.00. The minimum Gasteiger partial charge on any atom is -0.314 e. The molecular weight excluding hydrogens is 268 g/mol. The highest BCUT2D eigenvalue weighted by Gasteiger charge is 2.12. The minimum absolute atomic E-state index is 0.518. The van der Waals surface area contributed by atoms with E-state index in [1.807, 2.05) is 6.26 Å². The summed E-state index contributed by atoms with van der Waals surface area (Å²) in [7, 11) is 4.11. The third-order valence-electron chi connectivity index (χ3n) is 2.62. The molecule has 6 heteroatoms. The first kappa shape index (κ1) is 18.5. The van der Waals surface area contributed by atoms with Gasteiger partial charge in [0.1, 0.15) is 0 Å². The molecule has 0 aromatic heterocycles. The lowest BCUT2D eigenvalue weighted by Gasteiger charge is -2.26. The molecule has 0 fully saturated rings. The van der Waals surface area contributed by atoms with Gasteiger partial charge in [-0.05, 0) is 51.6 Å². The van der Waals surface area contributed by atoms with Crippen LogP contribution in [0.3, 0.4) is 0 Å². The van der Waals surface area contributed by atoms with Crippen LogP contribution in [0.15, 0.2) is 0 Å². The van der Waals surface area contributed by atoms with Gasteiger partial charge in [0.2, 0.25) is 0 Å². The fourth-order valence-electron chi connectivity index (χ4n) is 1.46. The summed E-state index contributed by atoms with van der Waals surface area (Å²) in [5, 5.41) is 0. The average Bonchev–Trinajstić information content (AvgIpc) is 2.33. The molecule has 0 radical (unpaired) electrons. The zero-order valence-electron chi connectivity index (χ0n) is 12.3. The first-order valence-corrected chi connectivity index (χ1v) is 8.46. The molecule has 0 amide bonds. The fraction of sp³-hybridized carbons (Fsp3) is 1.00. The van der Waals surface area contributed by atoms with Crippen LogP contribution in [-0.4, -0.2) is 74.8 Å². The second-order valence-corrected chi connectivity index (χ2v) is 5.75. The highest BCUT2D eigenvalue weighted by Crippen LogP contribution is 2.10. The Hall–Kier alpha value is 0.540. The van der Waals surface area contributed by atoms with Crippen molar-refractivity contribution in [1.82, 2.24) is 9.80 Å². The van der Waals surface area contributed by atoms with Crippen molar-refractivity contribution < 1.29 is 8.37 Å². The summed E-state index contributed by atoms with van der Waals surface area (Å²) in [5.41, 5.74) is 0. The van der Waals surface area contributed by atoms with Gasteiger partial charge in [0.25, 0.3) is 0 Å². The van der Waals surface area contributed by atoms with Crippen molar-refractivity contribution in [3.05, 3.63) is 0 Å². The molecule has 0 aliphatic rings. The van der Waals surface area contributed by atoms with Gasteiger partial charge in [0, 0.05) is 31.1 Å². The molecule has 0 heterocycles. The number of hydrogen-bond donors (Lipinski definition) is 0. The van der Waals surface area contributed by atoms with E-state index in [1.165, 1.54) is 12.0 Å². The van der Waals surface area contributed by atoms with E-state index in [-0.39, 0.29) is 0 Å². The quantitative estimate of drug-likeness (QED) is 0.404. The maximum atomic E-state index is 5.55. The first-order valence-electron chi connectivity index (χ1n) is 6.40. The highest BCUT2D eigenvalue weighted by molar-refractivity contribution is 7.94. The molecular formula is C12H28N2O2S2. The Morgan fingerprint density at radius 1 is 1.11 bits per heavy atom. The molecule has 4 nitrogen and oxygen atoms in total. The maximum Gasteiger partial charge on any atom is 0.0741 e. The molecule has 0 saturated carbocycles. The Labute approximate surface area is 121 Å². The molecule has 0 N–H and O–H groups in total. The van der Waals surface area contributed by atoms with Gasteiger partial charge >= 0.3 is 0 Å². The average molecular weight is 297 g/mol. The Morgan fingerprint density at radius 2 is 1.78 bits per heavy atom. The summed E-state index contributed by atoms with van der Waals surface area (Å²) in [6, 6.07) is 0.518. The molecule has 0 rings (SSSR count). The molecule has 0 saturated heterocycles. The van der Waals surface area contributed by atoms with Crippen LogP contribution >= 0.6 is 24.1 Å². The van der Waals surface area contributed by atoms with Gasteiger partial charge in [-0.2, -0.15) is 0 Å². The van der Waals surface area contributed by atoms with E-state index in [4.69, 9.17) is 8.37 Å². The van der Waals surface area contributed by atoms with E-state index in [1.54, 1.807) is 12.0 Å². The molecule has 0 aliphatic heterocycles. The zero-order chi connectivity index (χ0) is 13.8. The molecule has 0 aromatic carbocycles. The molecule has 110 valence electrons. The van der Waals surface area contributed by atoms with Gasteiger partial charge in [0.15, 0.2) is 0 Å². The molecule has 1 unspecified atom stereocenters. The third kappa shape index (κ3) is 10.5. The van der Waals surface area contributed by atoms with Crippen molar-refractivity contribution in [1.29, 1.82) is 0 Å². The van der Waals surface area contributed by atoms with E-state index in [9.17, 15) is 0 Å². The van der Waals surface area contributed by atoms with Crippen molar-refractivity contribution in [3.8, 4) is 0 Å². The summed E-state index contributed by atoms with van der Waals surface area (Å²) in [4.78, 5) is 4.54. The van der Waals surface area contributed by atoms with Crippen molar-refractivity contribution in [2.45, 2.75) is 19.9 Å². The summed E-state index contributed by atoms with van der Waals surface area (Å²) >= 11 is 3.00. The zero-order valence-corrected chi connectivity index (χ0v) is 14.0. The van der Waals surface area contributed by atoms with Gasteiger partial charge in [-0.15, -0.1) is 0 Å². The van der Waals surface area contributed by atoms with Crippen molar-refractivity contribution in [2.75, 3.05) is 59.0 Å². The second kappa shape index (κ2) is 12.6. The Bertz CT molecular complexity index is 185. The van der Waals surface area contributed by atoms with Crippen molar-refractivity contribution in [2.24, 2.45) is 0 Å². The normalized spacial score (nSPS) is 13.5. The van der Waals surface area contributed by atoms with Gasteiger partial charge in [0.05, 0.1) is 13.2 Å². The molecule has 0 spiro atoms. The van der Waals surface area contributed by atoms with E-state index < -0.39 is 0 Å². The molecule has 0 aromatic rings. The van der Waals surface area contributed by atoms with Crippen LogP contribution in [0.5, 0.6) is 0 Å². The fourth-order valence-corrected chi connectivity index (χ4v) is 2.40. The Balaban J connectivity index is 3.59. The highest BCUT2D eigenvalue weighted by atomic mass is 32.2. The van der Waals surface area contributed by atoms with Crippen LogP contribution in [0.25, 0.3) is 0 Å². The first-order chi connectivity index (χ1) is 8.61. The van der Waals surface area contributed by atoms with Crippen LogP contribution in [0, 0.1) is 0 Å².